The van der Waals surface area contributed by atoms with Crippen molar-refractivity contribution in [3.05, 3.63) is 45.7 Å². The van der Waals surface area contributed by atoms with Crippen LogP contribution >= 0.6 is 0 Å². The molecule has 0 aliphatic carbocycles. The summed E-state index contributed by atoms with van der Waals surface area (Å²) in [6.45, 7) is 8.25. The second-order valence-electron chi connectivity index (χ2n) is 5.97. The lowest BCUT2D eigenvalue weighted by atomic mass is 10.0. The van der Waals surface area contributed by atoms with Crippen LogP contribution in [0.2, 0.25) is 19.6 Å². The maximum absolute atomic E-state index is 12.3. The van der Waals surface area contributed by atoms with Gasteiger partial charge in [-0.05, 0) is 13.0 Å². The van der Waals surface area contributed by atoms with Gasteiger partial charge in [0, 0.05) is 10.9 Å². The van der Waals surface area contributed by atoms with E-state index in [0.717, 1.165) is 5.39 Å². The van der Waals surface area contributed by atoms with Gasteiger partial charge in [-0.2, -0.15) is 0 Å². The van der Waals surface area contributed by atoms with Crippen molar-refractivity contribution >= 4 is 24.9 Å². The van der Waals surface area contributed by atoms with Crippen molar-refractivity contribution in [2.45, 2.75) is 26.6 Å². The van der Waals surface area contributed by atoms with E-state index in [-0.39, 0.29) is 12.2 Å². The minimum Gasteiger partial charge on any atom is -0.462 e. The highest BCUT2D eigenvalue weighted by Gasteiger charge is 2.20. The maximum Gasteiger partial charge on any atom is 0.345 e. The monoisotopic (exact) mass is 313 g/mol. The van der Waals surface area contributed by atoms with Crippen molar-refractivity contribution in [1.82, 2.24) is 4.98 Å². The number of H-pyrrole nitrogens is 1. The summed E-state index contributed by atoms with van der Waals surface area (Å²) in [5.74, 6) is 2.44. The normalized spacial score (nSPS) is 10.9. The molecule has 0 spiro atoms. The van der Waals surface area contributed by atoms with Crippen molar-refractivity contribution in [3.8, 4) is 11.5 Å². The summed E-state index contributed by atoms with van der Waals surface area (Å²) in [6.07, 6.45) is 0. The van der Waals surface area contributed by atoms with E-state index in [1.807, 2.05) is 18.2 Å². The average Bonchev–Trinajstić information content (AvgIpc) is 2.43. The lowest BCUT2D eigenvalue weighted by Gasteiger charge is -2.09. The Hall–Kier alpha value is -2.32. The molecule has 0 saturated heterocycles. The fourth-order valence-corrected chi connectivity index (χ4v) is 2.52. The number of fused-ring (bicyclic) bond motifs is 1. The number of para-hydroxylation sites is 1. The standard InChI is InChI=1S/C17H19NO3Si/c1-5-21-17(20)15-13(10-11-22(2,3)4)12-8-6-7-9-14(12)18-16(15)19/h6-9H,5H2,1-4H3,(H,18,19). The van der Waals surface area contributed by atoms with Crippen LogP contribution in [-0.2, 0) is 4.74 Å². The number of benzene rings is 1. The van der Waals surface area contributed by atoms with Gasteiger partial charge in [-0.25, -0.2) is 4.79 Å². The molecule has 0 saturated carbocycles. The molecule has 0 amide bonds. The van der Waals surface area contributed by atoms with Crippen molar-refractivity contribution in [2.24, 2.45) is 0 Å². The molecule has 0 aliphatic heterocycles. The molecule has 1 aromatic heterocycles. The van der Waals surface area contributed by atoms with Gasteiger partial charge in [-0.15, -0.1) is 5.54 Å². The molecule has 0 radical (unpaired) electrons. The third-order valence-electron chi connectivity index (χ3n) is 2.96. The predicted octanol–water partition coefficient (Wildman–Crippen LogP) is 2.93. The molecule has 2 aromatic rings. The van der Waals surface area contributed by atoms with E-state index in [1.54, 1.807) is 13.0 Å². The Labute approximate surface area is 130 Å². The van der Waals surface area contributed by atoms with E-state index < -0.39 is 19.6 Å². The Bertz CT molecular complexity index is 835. The van der Waals surface area contributed by atoms with E-state index in [2.05, 4.69) is 36.1 Å². The number of carbonyl (C=O) groups is 1. The fraction of sp³-hybridized carbons (Fsp3) is 0.294. The van der Waals surface area contributed by atoms with Crippen LogP contribution in [0.4, 0.5) is 0 Å². The molecule has 1 N–H and O–H groups in total. The number of ether oxygens (including phenoxy) is 1. The van der Waals surface area contributed by atoms with Crippen molar-refractivity contribution in [1.29, 1.82) is 0 Å². The summed E-state index contributed by atoms with van der Waals surface area (Å²) in [5, 5.41) is 0.760. The molecule has 2 rings (SSSR count). The molecule has 0 atom stereocenters. The highest BCUT2D eigenvalue weighted by atomic mass is 28.3. The molecule has 0 aliphatic rings. The Morgan fingerprint density at radius 3 is 2.59 bits per heavy atom. The van der Waals surface area contributed by atoms with Crippen LogP contribution in [0.1, 0.15) is 22.8 Å². The molecule has 1 heterocycles. The summed E-state index contributed by atoms with van der Waals surface area (Å²) >= 11 is 0. The average molecular weight is 313 g/mol. The first-order valence-corrected chi connectivity index (χ1v) is 10.7. The second-order valence-corrected chi connectivity index (χ2v) is 10.7. The van der Waals surface area contributed by atoms with Gasteiger partial charge in [0.2, 0.25) is 0 Å². The van der Waals surface area contributed by atoms with Crippen LogP contribution in [0.15, 0.2) is 29.1 Å². The number of aromatic amines is 1. The van der Waals surface area contributed by atoms with Gasteiger partial charge in [0.05, 0.1) is 12.2 Å². The van der Waals surface area contributed by atoms with Gasteiger partial charge in [0.1, 0.15) is 13.6 Å². The smallest absolute Gasteiger partial charge is 0.345 e. The van der Waals surface area contributed by atoms with Crippen LogP contribution in [0.25, 0.3) is 10.9 Å². The minimum absolute atomic E-state index is 0.00806. The van der Waals surface area contributed by atoms with Gasteiger partial charge in [-0.1, -0.05) is 43.8 Å². The largest absolute Gasteiger partial charge is 0.462 e. The number of hydrogen-bond donors (Lipinski definition) is 1. The Morgan fingerprint density at radius 1 is 1.27 bits per heavy atom. The van der Waals surface area contributed by atoms with E-state index in [9.17, 15) is 9.59 Å². The predicted molar refractivity (Wildman–Crippen MR) is 90.7 cm³/mol. The van der Waals surface area contributed by atoms with Crippen LogP contribution in [0, 0.1) is 11.5 Å². The Balaban J connectivity index is 2.81. The zero-order chi connectivity index (χ0) is 16.3. The summed E-state index contributed by atoms with van der Waals surface area (Å²) in [6, 6.07) is 7.33. The molecular weight excluding hydrogens is 294 g/mol. The highest BCUT2D eigenvalue weighted by Crippen LogP contribution is 2.18. The van der Waals surface area contributed by atoms with Crippen LogP contribution in [0.5, 0.6) is 0 Å². The zero-order valence-electron chi connectivity index (χ0n) is 13.2. The molecule has 0 fully saturated rings. The van der Waals surface area contributed by atoms with Crippen molar-refractivity contribution < 1.29 is 9.53 Å². The van der Waals surface area contributed by atoms with Gasteiger partial charge in [-0.3, -0.25) is 4.79 Å². The molecule has 0 unspecified atom stereocenters. The molecule has 5 heteroatoms. The second kappa shape index (κ2) is 6.20. The fourth-order valence-electron chi connectivity index (χ4n) is 2.02. The molecule has 4 nitrogen and oxygen atoms in total. The van der Waals surface area contributed by atoms with E-state index in [0.29, 0.717) is 11.1 Å². The van der Waals surface area contributed by atoms with Gasteiger partial charge < -0.3 is 9.72 Å². The Morgan fingerprint density at radius 2 is 1.95 bits per heavy atom. The van der Waals surface area contributed by atoms with Crippen molar-refractivity contribution in [3.63, 3.8) is 0 Å². The number of rotatable bonds is 2. The van der Waals surface area contributed by atoms with E-state index in [4.69, 9.17) is 4.74 Å². The van der Waals surface area contributed by atoms with E-state index in [1.165, 1.54) is 0 Å². The number of hydrogen-bond acceptors (Lipinski definition) is 3. The van der Waals surface area contributed by atoms with Gasteiger partial charge in [0.15, 0.2) is 0 Å². The van der Waals surface area contributed by atoms with Crippen molar-refractivity contribution in [2.75, 3.05) is 6.61 Å². The number of pyridine rings is 1. The quantitative estimate of drug-likeness (QED) is 0.527. The lowest BCUT2D eigenvalue weighted by Crippen LogP contribution is -2.22. The molecule has 114 valence electrons. The van der Waals surface area contributed by atoms with Crippen LogP contribution in [-0.4, -0.2) is 25.6 Å². The van der Waals surface area contributed by atoms with Gasteiger partial charge in [0.25, 0.3) is 5.56 Å². The summed E-state index contributed by atoms with van der Waals surface area (Å²) in [4.78, 5) is 27.2. The van der Waals surface area contributed by atoms with Crippen LogP contribution in [0.3, 0.4) is 0 Å². The molecule has 1 aromatic carbocycles. The lowest BCUT2D eigenvalue weighted by molar-refractivity contribution is 0.0524. The third kappa shape index (κ3) is 3.46. The number of nitrogens with one attached hydrogen (secondary N) is 1. The van der Waals surface area contributed by atoms with Crippen LogP contribution < -0.4 is 5.56 Å². The summed E-state index contributed by atoms with van der Waals surface area (Å²) in [5.41, 5.74) is 3.88. The number of esters is 1. The highest BCUT2D eigenvalue weighted by molar-refractivity contribution is 6.83. The van der Waals surface area contributed by atoms with E-state index >= 15 is 0 Å². The first kappa shape index (κ1) is 16.1. The molecule has 0 bridgehead atoms. The Kier molecular flexibility index (Phi) is 4.53. The topological polar surface area (TPSA) is 59.2 Å². The number of carbonyl (C=O) groups excluding carboxylic acids is 1. The molecule has 22 heavy (non-hydrogen) atoms. The first-order valence-electron chi connectivity index (χ1n) is 7.19. The summed E-state index contributed by atoms with van der Waals surface area (Å²) < 4.78 is 5.01. The maximum atomic E-state index is 12.3. The zero-order valence-corrected chi connectivity index (χ0v) is 14.2. The summed E-state index contributed by atoms with van der Waals surface area (Å²) in [7, 11) is -1.65. The van der Waals surface area contributed by atoms with Gasteiger partial charge >= 0.3 is 5.97 Å². The SMILES string of the molecule is CCOC(=O)c1c(C#C[Si](C)(C)C)c2ccccc2[nH]c1=O. The first-order chi connectivity index (χ1) is 10.3. The molecular formula is C17H19NO3Si. The minimum atomic E-state index is -1.65. The third-order valence-corrected chi connectivity index (χ3v) is 3.84. The number of aromatic nitrogens is 1.